The molecule has 0 bridgehead atoms. The minimum atomic E-state index is -0.103. The summed E-state index contributed by atoms with van der Waals surface area (Å²) >= 11 is 5.73. The molecule has 1 amide bonds. The van der Waals surface area contributed by atoms with Gasteiger partial charge < -0.3 is 9.84 Å². The first-order chi connectivity index (χ1) is 10.0. The minimum absolute atomic E-state index is 0.103. The van der Waals surface area contributed by atoms with E-state index in [1.165, 1.54) is 6.20 Å². The van der Waals surface area contributed by atoms with Crippen molar-refractivity contribution in [3.63, 3.8) is 0 Å². The monoisotopic (exact) mass is 308 g/mol. The summed E-state index contributed by atoms with van der Waals surface area (Å²) in [6, 6.07) is 3.34. The second kappa shape index (κ2) is 7.17. The van der Waals surface area contributed by atoms with Crippen molar-refractivity contribution in [3.8, 4) is 0 Å². The Morgan fingerprint density at radius 1 is 1.43 bits per heavy atom. The number of carbonyl (C=O) groups excluding carboxylic acids is 1. The fraction of sp³-hybridized carbons (Fsp3) is 0.429. The Bertz CT molecular complexity index is 595. The summed E-state index contributed by atoms with van der Waals surface area (Å²) < 4.78 is 5.12. The van der Waals surface area contributed by atoms with Crippen LogP contribution < -0.4 is 5.32 Å². The molecule has 0 aromatic carbocycles. The van der Waals surface area contributed by atoms with Gasteiger partial charge in [0.1, 0.15) is 5.82 Å². The summed E-state index contributed by atoms with van der Waals surface area (Å²) in [6.07, 6.45) is 3.08. The van der Waals surface area contributed by atoms with Gasteiger partial charge in [-0.25, -0.2) is 4.98 Å². The van der Waals surface area contributed by atoms with Crippen molar-refractivity contribution >= 4 is 23.3 Å². The van der Waals surface area contributed by atoms with Crippen LogP contribution in [-0.4, -0.2) is 21.0 Å². The molecule has 0 aliphatic carbocycles. The number of aryl methyl sites for hydroxylation is 1. The van der Waals surface area contributed by atoms with Crippen LogP contribution >= 0.6 is 11.6 Å². The molecule has 0 unspecified atom stereocenters. The molecule has 0 saturated carbocycles. The van der Waals surface area contributed by atoms with Gasteiger partial charge in [0.15, 0.2) is 5.82 Å². The number of pyridine rings is 1. The Balaban J connectivity index is 1.74. The average Bonchev–Trinajstić information content (AvgIpc) is 2.90. The molecule has 1 N–H and O–H groups in total. The molecule has 0 aliphatic rings. The standard InChI is InChI=1S/C14H17ClN4O2/c1-9(2)14-18-13(21-19-14)5-3-4-12(20)17-11-7-6-10(15)8-16-11/h6-9H,3-5H2,1-2H3,(H,16,17,20). The van der Waals surface area contributed by atoms with Gasteiger partial charge in [-0.2, -0.15) is 4.98 Å². The van der Waals surface area contributed by atoms with Crippen LogP contribution in [0.3, 0.4) is 0 Å². The minimum Gasteiger partial charge on any atom is -0.339 e. The predicted octanol–water partition coefficient (Wildman–Crippen LogP) is 3.20. The van der Waals surface area contributed by atoms with Crippen LogP contribution in [0, 0.1) is 0 Å². The first-order valence-corrected chi connectivity index (χ1v) is 7.16. The zero-order valence-corrected chi connectivity index (χ0v) is 12.7. The molecule has 112 valence electrons. The largest absolute Gasteiger partial charge is 0.339 e. The Morgan fingerprint density at radius 2 is 2.24 bits per heavy atom. The van der Waals surface area contributed by atoms with Crippen LogP contribution in [0.15, 0.2) is 22.9 Å². The van der Waals surface area contributed by atoms with Crippen LogP contribution in [0.1, 0.15) is 44.3 Å². The highest BCUT2D eigenvalue weighted by Gasteiger charge is 2.10. The zero-order chi connectivity index (χ0) is 15.2. The number of aromatic nitrogens is 3. The third-order valence-electron chi connectivity index (χ3n) is 2.79. The molecular formula is C14H17ClN4O2. The smallest absolute Gasteiger partial charge is 0.226 e. The molecule has 21 heavy (non-hydrogen) atoms. The third-order valence-corrected chi connectivity index (χ3v) is 3.01. The Kier molecular flexibility index (Phi) is 5.27. The summed E-state index contributed by atoms with van der Waals surface area (Å²) in [5.41, 5.74) is 0. The van der Waals surface area contributed by atoms with Gasteiger partial charge in [-0.3, -0.25) is 4.79 Å². The molecule has 7 heteroatoms. The van der Waals surface area contributed by atoms with E-state index in [9.17, 15) is 4.79 Å². The summed E-state index contributed by atoms with van der Waals surface area (Å²) in [7, 11) is 0. The van der Waals surface area contributed by atoms with Crippen molar-refractivity contribution in [1.29, 1.82) is 0 Å². The lowest BCUT2D eigenvalue weighted by Gasteiger charge is -2.03. The maximum absolute atomic E-state index is 11.8. The molecule has 2 heterocycles. The van der Waals surface area contributed by atoms with Crippen molar-refractivity contribution in [2.75, 3.05) is 5.32 Å². The molecule has 0 atom stereocenters. The molecule has 0 aliphatic heterocycles. The molecule has 2 aromatic heterocycles. The lowest BCUT2D eigenvalue weighted by atomic mass is 10.2. The van der Waals surface area contributed by atoms with Gasteiger partial charge in [0, 0.05) is 25.0 Å². The average molecular weight is 309 g/mol. The summed E-state index contributed by atoms with van der Waals surface area (Å²) in [4.78, 5) is 20.0. The van der Waals surface area contributed by atoms with Crippen molar-refractivity contribution in [1.82, 2.24) is 15.1 Å². The number of nitrogens with one attached hydrogen (secondary N) is 1. The molecule has 0 fully saturated rings. The van der Waals surface area contributed by atoms with Gasteiger partial charge >= 0.3 is 0 Å². The quantitative estimate of drug-likeness (QED) is 0.886. The second-order valence-electron chi connectivity index (χ2n) is 4.96. The first kappa shape index (κ1) is 15.4. The Hall–Kier alpha value is -1.95. The van der Waals surface area contributed by atoms with E-state index < -0.39 is 0 Å². The van der Waals surface area contributed by atoms with Gasteiger partial charge in [0.2, 0.25) is 11.8 Å². The van der Waals surface area contributed by atoms with Crippen LogP contribution in [0.5, 0.6) is 0 Å². The normalized spacial score (nSPS) is 10.9. The molecule has 0 spiro atoms. The summed E-state index contributed by atoms with van der Waals surface area (Å²) in [5.74, 6) is 1.88. The number of carbonyl (C=O) groups is 1. The van der Waals surface area contributed by atoms with Gasteiger partial charge in [-0.05, 0) is 18.6 Å². The van der Waals surface area contributed by atoms with Crippen LogP contribution in [0.4, 0.5) is 5.82 Å². The number of halogens is 1. The number of hydrogen-bond donors (Lipinski definition) is 1. The van der Waals surface area contributed by atoms with E-state index in [0.29, 0.717) is 41.8 Å². The topological polar surface area (TPSA) is 80.9 Å². The van der Waals surface area contributed by atoms with Gasteiger partial charge in [0.05, 0.1) is 5.02 Å². The van der Waals surface area contributed by atoms with E-state index in [4.69, 9.17) is 16.1 Å². The number of anilines is 1. The third kappa shape index (κ3) is 4.82. The van der Waals surface area contributed by atoms with Crippen LogP contribution in [0.25, 0.3) is 0 Å². The van der Waals surface area contributed by atoms with Crippen LogP contribution in [0.2, 0.25) is 5.02 Å². The summed E-state index contributed by atoms with van der Waals surface area (Å²) in [5, 5.41) is 7.12. The maximum Gasteiger partial charge on any atom is 0.226 e. The van der Waals surface area contributed by atoms with E-state index in [2.05, 4.69) is 20.4 Å². The molecule has 0 radical (unpaired) electrons. The van der Waals surface area contributed by atoms with E-state index in [1.807, 2.05) is 13.8 Å². The molecular weight excluding hydrogens is 292 g/mol. The van der Waals surface area contributed by atoms with Gasteiger partial charge in [-0.15, -0.1) is 0 Å². The number of nitrogens with zero attached hydrogens (tertiary/aromatic N) is 3. The van der Waals surface area contributed by atoms with Gasteiger partial charge in [0.25, 0.3) is 0 Å². The van der Waals surface area contributed by atoms with E-state index in [-0.39, 0.29) is 11.8 Å². The highest BCUT2D eigenvalue weighted by Crippen LogP contribution is 2.12. The van der Waals surface area contributed by atoms with E-state index in [1.54, 1.807) is 12.1 Å². The fourth-order valence-electron chi connectivity index (χ4n) is 1.66. The highest BCUT2D eigenvalue weighted by atomic mass is 35.5. The molecule has 2 rings (SSSR count). The highest BCUT2D eigenvalue weighted by molar-refractivity contribution is 6.30. The number of amides is 1. The van der Waals surface area contributed by atoms with Crippen LogP contribution in [-0.2, 0) is 11.2 Å². The second-order valence-corrected chi connectivity index (χ2v) is 5.40. The van der Waals surface area contributed by atoms with E-state index in [0.717, 1.165) is 0 Å². The predicted molar refractivity (Wildman–Crippen MR) is 79.2 cm³/mol. The molecule has 2 aromatic rings. The van der Waals surface area contributed by atoms with Crippen molar-refractivity contribution in [2.24, 2.45) is 0 Å². The van der Waals surface area contributed by atoms with Crippen molar-refractivity contribution < 1.29 is 9.32 Å². The SMILES string of the molecule is CC(C)c1noc(CCCC(=O)Nc2ccc(Cl)cn2)n1. The van der Waals surface area contributed by atoms with E-state index >= 15 is 0 Å². The number of rotatable bonds is 6. The molecule has 6 nitrogen and oxygen atoms in total. The summed E-state index contributed by atoms with van der Waals surface area (Å²) in [6.45, 7) is 4.00. The lowest BCUT2D eigenvalue weighted by molar-refractivity contribution is -0.116. The molecule has 0 saturated heterocycles. The number of hydrogen-bond acceptors (Lipinski definition) is 5. The van der Waals surface area contributed by atoms with Crippen molar-refractivity contribution in [2.45, 2.75) is 39.0 Å². The van der Waals surface area contributed by atoms with Crippen molar-refractivity contribution in [3.05, 3.63) is 35.1 Å². The fourth-order valence-corrected chi connectivity index (χ4v) is 1.77. The maximum atomic E-state index is 11.8. The first-order valence-electron chi connectivity index (χ1n) is 6.78. The Morgan fingerprint density at radius 3 is 2.86 bits per heavy atom. The van der Waals surface area contributed by atoms with Gasteiger partial charge in [-0.1, -0.05) is 30.6 Å². The zero-order valence-electron chi connectivity index (χ0n) is 12.0. The lowest BCUT2D eigenvalue weighted by Crippen LogP contribution is -2.12. The Labute approximate surface area is 127 Å².